The van der Waals surface area contributed by atoms with E-state index in [1.54, 1.807) is 13.2 Å². The maximum absolute atomic E-state index is 9.99. The van der Waals surface area contributed by atoms with Crippen molar-refractivity contribution in [2.45, 2.75) is 27.7 Å². The largest absolute Gasteiger partial charge is 0.507 e. The van der Waals surface area contributed by atoms with Gasteiger partial charge in [-0.2, -0.15) is 0 Å². The van der Waals surface area contributed by atoms with Crippen molar-refractivity contribution in [3.8, 4) is 23.3 Å². The predicted molar refractivity (Wildman–Crippen MR) is 86.0 cm³/mol. The molecule has 2 aromatic carbocycles. The second-order valence-corrected chi connectivity index (χ2v) is 5.34. The Hall–Kier alpha value is -2.40. The van der Waals surface area contributed by atoms with Crippen LogP contribution in [-0.4, -0.2) is 12.2 Å². The van der Waals surface area contributed by atoms with Crippen LogP contribution in [0.15, 0.2) is 24.3 Å². The standard InChI is InChI=1S/C19H20O2/c1-12-8-16(19(20)11-13(12)2)6-7-18-14(3)9-17(21-5)10-15(18)4/h8-11,20H,1-5H3. The van der Waals surface area contributed by atoms with Crippen molar-refractivity contribution in [3.05, 3.63) is 57.6 Å². The lowest BCUT2D eigenvalue weighted by atomic mass is 10.0. The van der Waals surface area contributed by atoms with E-state index < -0.39 is 0 Å². The number of phenolic OH excluding ortho intramolecular Hbond substituents is 1. The normalized spacial score (nSPS) is 9.95. The van der Waals surface area contributed by atoms with Crippen LogP contribution in [-0.2, 0) is 0 Å². The molecule has 2 heteroatoms. The van der Waals surface area contributed by atoms with Crippen molar-refractivity contribution in [1.29, 1.82) is 0 Å². The Labute approximate surface area is 126 Å². The Kier molecular flexibility index (Phi) is 4.23. The lowest BCUT2D eigenvalue weighted by Crippen LogP contribution is -1.92. The highest BCUT2D eigenvalue weighted by Gasteiger charge is 2.04. The Bertz CT molecular complexity index is 723. The minimum Gasteiger partial charge on any atom is -0.507 e. The molecular weight excluding hydrogens is 260 g/mol. The third-order valence-electron chi connectivity index (χ3n) is 3.68. The van der Waals surface area contributed by atoms with E-state index in [4.69, 9.17) is 4.74 Å². The monoisotopic (exact) mass is 280 g/mol. The summed E-state index contributed by atoms with van der Waals surface area (Å²) in [6.07, 6.45) is 0. The first-order valence-corrected chi connectivity index (χ1v) is 6.90. The third-order valence-corrected chi connectivity index (χ3v) is 3.68. The average Bonchev–Trinajstić information content (AvgIpc) is 2.42. The Balaban J connectivity index is 2.47. The average molecular weight is 280 g/mol. The number of hydrogen-bond acceptors (Lipinski definition) is 2. The van der Waals surface area contributed by atoms with Gasteiger partial charge in [-0.15, -0.1) is 0 Å². The fourth-order valence-electron chi connectivity index (χ4n) is 2.27. The third kappa shape index (κ3) is 3.20. The van der Waals surface area contributed by atoms with E-state index in [0.717, 1.165) is 33.6 Å². The van der Waals surface area contributed by atoms with Crippen LogP contribution < -0.4 is 4.74 Å². The molecule has 0 unspecified atom stereocenters. The SMILES string of the molecule is COc1cc(C)c(C#Cc2cc(C)c(C)cc2O)c(C)c1. The van der Waals surface area contributed by atoms with Crippen molar-refractivity contribution >= 4 is 0 Å². The molecular formula is C19H20O2. The van der Waals surface area contributed by atoms with Gasteiger partial charge in [-0.1, -0.05) is 11.8 Å². The van der Waals surface area contributed by atoms with Gasteiger partial charge >= 0.3 is 0 Å². The molecule has 0 aromatic heterocycles. The van der Waals surface area contributed by atoms with E-state index in [2.05, 4.69) is 11.8 Å². The predicted octanol–water partition coefficient (Wildman–Crippen LogP) is 4.03. The van der Waals surface area contributed by atoms with E-state index in [0.29, 0.717) is 5.56 Å². The van der Waals surface area contributed by atoms with Gasteiger partial charge < -0.3 is 9.84 Å². The van der Waals surface area contributed by atoms with E-state index >= 15 is 0 Å². The zero-order valence-corrected chi connectivity index (χ0v) is 13.2. The van der Waals surface area contributed by atoms with E-state index in [1.807, 2.05) is 45.9 Å². The first-order valence-electron chi connectivity index (χ1n) is 6.90. The van der Waals surface area contributed by atoms with Gasteiger partial charge in [-0.05, 0) is 74.2 Å². The van der Waals surface area contributed by atoms with Crippen LogP contribution in [0.2, 0.25) is 0 Å². The van der Waals surface area contributed by atoms with Crippen LogP contribution in [0.25, 0.3) is 0 Å². The Morgan fingerprint density at radius 3 is 1.95 bits per heavy atom. The molecule has 0 radical (unpaired) electrons. The summed E-state index contributed by atoms with van der Waals surface area (Å²) in [5.41, 5.74) is 5.97. The highest BCUT2D eigenvalue weighted by molar-refractivity contribution is 5.56. The Morgan fingerprint density at radius 2 is 1.38 bits per heavy atom. The van der Waals surface area contributed by atoms with Gasteiger partial charge in [0.25, 0.3) is 0 Å². The number of ether oxygens (including phenoxy) is 1. The summed E-state index contributed by atoms with van der Waals surface area (Å²) in [4.78, 5) is 0. The highest BCUT2D eigenvalue weighted by Crippen LogP contribution is 2.23. The smallest absolute Gasteiger partial charge is 0.131 e. The fourth-order valence-corrected chi connectivity index (χ4v) is 2.27. The number of aryl methyl sites for hydroxylation is 4. The summed E-state index contributed by atoms with van der Waals surface area (Å²) in [5, 5.41) is 9.99. The molecule has 108 valence electrons. The number of benzene rings is 2. The van der Waals surface area contributed by atoms with E-state index in [9.17, 15) is 5.11 Å². The van der Waals surface area contributed by atoms with Crippen LogP contribution in [0.3, 0.4) is 0 Å². The summed E-state index contributed by atoms with van der Waals surface area (Å²) in [6, 6.07) is 7.62. The molecule has 2 nitrogen and oxygen atoms in total. The number of hydrogen-bond donors (Lipinski definition) is 1. The van der Waals surface area contributed by atoms with Crippen molar-refractivity contribution in [3.63, 3.8) is 0 Å². The lowest BCUT2D eigenvalue weighted by Gasteiger charge is -2.07. The molecule has 0 fully saturated rings. The molecule has 0 saturated heterocycles. The molecule has 0 spiro atoms. The summed E-state index contributed by atoms with van der Waals surface area (Å²) in [7, 11) is 1.66. The van der Waals surface area contributed by atoms with Gasteiger partial charge in [0.1, 0.15) is 11.5 Å². The second kappa shape index (κ2) is 5.93. The molecule has 21 heavy (non-hydrogen) atoms. The van der Waals surface area contributed by atoms with Gasteiger partial charge in [0.2, 0.25) is 0 Å². The summed E-state index contributed by atoms with van der Waals surface area (Å²) >= 11 is 0. The molecule has 0 bridgehead atoms. The first-order chi connectivity index (χ1) is 9.92. The maximum atomic E-state index is 9.99. The molecule has 0 aliphatic heterocycles. The van der Waals surface area contributed by atoms with E-state index in [-0.39, 0.29) is 5.75 Å². The summed E-state index contributed by atoms with van der Waals surface area (Å²) in [5.74, 6) is 7.31. The van der Waals surface area contributed by atoms with Crippen LogP contribution in [0.4, 0.5) is 0 Å². The molecule has 2 aromatic rings. The maximum Gasteiger partial charge on any atom is 0.131 e. The molecule has 1 N–H and O–H groups in total. The van der Waals surface area contributed by atoms with E-state index in [1.165, 1.54) is 0 Å². The van der Waals surface area contributed by atoms with Crippen molar-refractivity contribution in [2.24, 2.45) is 0 Å². The minimum absolute atomic E-state index is 0.231. The van der Waals surface area contributed by atoms with Crippen LogP contribution in [0.5, 0.6) is 11.5 Å². The molecule has 0 aliphatic carbocycles. The van der Waals surface area contributed by atoms with Crippen LogP contribution in [0, 0.1) is 39.5 Å². The van der Waals surface area contributed by atoms with Gasteiger partial charge in [0.05, 0.1) is 12.7 Å². The molecule has 2 rings (SSSR count). The molecule has 0 heterocycles. The van der Waals surface area contributed by atoms with Gasteiger partial charge in [-0.25, -0.2) is 0 Å². The quantitative estimate of drug-likeness (QED) is 0.799. The first kappa shape index (κ1) is 15.0. The molecule has 0 aliphatic rings. The molecule has 0 amide bonds. The number of methoxy groups -OCH3 is 1. The number of aromatic hydroxyl groups is 1. The van der Waals surface area contributed by atoms with Crippen molar-refractivity contribution < 1.29 is 9.84 Å². The van der Waals surface area contributed by atoms with Crippen molar-refractivity contribution in [1.82, 2.24) is 0 Å². The molecule has 0 saturated carbocycles. The number of rotatable bonds is 1. The van der Waals surface area contributed by atoms with Gasteiger partial charge in [-0.3, -0.25) is 0 Å². The second-order valence-electron chi connectivity index (χ2n) is 5.34. The van der Waals surface area contributed by atoms with Crippen molar-refractivity contribution in [2.75, 3.05) is 7.11 Å². The summed E-state index contributed by atoms with van der Waals surface area (Å²) in [6.45, 7) is 8.02. The van der Waals surface area contributed by atoms with Gasteiger partial charge in [0.15, 0.2) is 0 Å². The zero-order valence-electron chi connectivity index (χ0n) is 13.2. The van der Waals surface area contributed by atoms with Crippen LogP contribution in [0.1, 0.15) is 33.4 Å². The minimum atomic E-state index is 0.231. The molecule has 0 atom stereocenters. The summed E-state index contributed by atoms with van der Waals surface area (Å²) < 4.78 is 5.25. The Morgan fingerprint density at radius 1 is 0.810 bits per heavy atom. The topological polar surface area (TPSA) is 29.5 Å². The highest BCUT2D eigenvalue weighted by atomic mass is 16.5. The number of phenols is 1. The fraction of sp³-hybridized carbons (Fsp3) is 0.263. The van der Waals surface area contributed by atoms with Gasteiger partial charge in [0, 0.05) is 5.56 Å². The zero-order chi connectivity index (χ0) is 15.6. The van der Waals surface area contributed by atoms with Crippen LogP contribution >= 0.6 is 0 Å². The lowest BCUT2D eigenvalue weighted by molar-refractivity contribution is 0.414.